The molecule has 1 atom stereocenters. The predicted octanol–water partition coefficient (Wildman–Crippen LogP) is 4.79. The van der Waals surface area contributed by atoms with Crippen LogP contribution in [-0.4, -0.2) is 13.2 Å². The third kappa shape index (κ3) is 2.47. The maximum Gasteiger partial charge on any atom is 0.0789 e. The van der Waals surface area contributed by atoms with Crippen LogP contribution in [0.15, 0.2) is 54.1 Å². The molecule has 20 heavy (non-hydrogen) atoms. The van der Waals surface area contributed by atoms with E-state index in [0.29, 0.717) is 0 Å². The van der Waals surface area contributed by atoms with Crippen molar-refractivity contribution in [1.82, 2.24) is 0 Å². The van der Waals surface area contributed by atoms with Crippen LogP contribution in [0.25, 0.3) is 0 Å². The van der Waals surface area contributed by atoms with Gasteiger partial charge in [0.25, 0.3) is 0 Å². The van der Waals surface area contributed by atoms with Gasteiger partial charge in [0.2, 0.25) is 0 Å². The van der Waals surface area contributed by atoms with E-state index in [1.807, 2.05) is 0 Å². The molecule has 1 fully saturated rings. The van der Waals surface area contributed by atoms with Gasteiger partial charge in [0.05, 0.1) is 6.10 Å². The number of allylic oxidation sites excluding steroid dienone is 2. The van der Waals surface area contributed by atoms with E-state index >= 15 is 0 Å². The lowest BCUT2D eigenvalue weighted by Crippen LogP contribution is -2.32. The molecule has 0 amide bonds. The van der Waals surface area contributed by atoms with Crippen LogP contribution in [0.4, 0.5) is 0 Å². The van der Waals surface area contributed by atoms with Crippen molar-refractivity contribution in [2.24, 2.45) is 0 Å². The summed E-state index contributed by atoms with van der Waals surface area (Å²) in [4.78, 5) is 0. The number of benzene rings is 1. The van der Waals surface area contributed by atoms with Crippen LogP contribution in [0.1, 0.15) is 44.1 Å². The lowest BCUT2D eigenvalue weighted by Gasteiger charge is -2.40. The van der Waals surface area contributed by atoms with Gasteiger partial charge in [0.15, 0.2) is 0 Å². The van der Waals surface area contributed by atoms with Crippen LogP contribution in [0, 0.1) is 0 Å². The molecular weight excluding hydrogens is 244 g/mol. The van der Waals surface area contributed by atoms with Crippen LogP contribution in [0.2, 0.25) is 0 Å². The van der Waals surface area contributed by atoms with E-state index in [4.69, 9.17) is 4.74 Å². The highest BCUT2D eigenvalue weighted by atomic mass is 16.5. The average Bonchev–Trinajstić information content (AvgIpc) is 2.56. The third-order valence-electron chi connectivity index (χ3n) is 4.95. The van der Waals surface area contributed by atoms with Gasteiger partial charge in [-0.3, -0.25) is 0 Å². The van der Waals surface area contributed by atoms with Crippen LogP contribution >= 0.6 is 0 Å². The second-order valence-electron chi connectivity index (χ2n) is 6.04. The maximum absolute atomic E-state index is 5.43. The van der Waals surface area contributed by atoms with Gasteiger partial charge >= 0.3 is 0 Å². The van der Waals surface area contributed by atoms with Crippen LogP contribution in [-0.2, 0) is 10.2 Å². The summed E-state index contributed by atoms with van der Waals surface area (Å²) in [5.74, 6) is 0. The van der Waals surface area contributed by atoms with Crippen LogP contribution in [0.5, 0.6) is 0 Å². The summed E-state index contributed by atoms with van der Waals surface area (Å²) in [5, 5.41) is 0. The van der Waals surface area contributed by atoms with Crippen molar-refractivity contribution in [2.45, 2.75) is 50.0 Å². The van der Waals surface area contributed by atoms with Crippen molar-refractivity contribution < 1.29 is 4.74 Å². The lowest BCUT2D eigenvalue weighted by atomic mass is 9.64. The Hall–Kier alpha value is -1.34. The molecule has 2 aliphatic carbocycles. The summed E-state index contributed by atoms with van der Waals surface area (Å²) in [5.41, 5.74) is 3.25. The van der Waals surface area contributed by atoms with Gasteiger partial charge in [-0.15, -0.1) is 0 Å². The first-order valence-electron chi connectivity index (χ1n) is 7.82. The van der Waals surface area contributed by atoms with Crippen LogP contribution in [0.3, 0.4) is 0 Å². The van der Waals surface area contributed by atoms with E-state index in [-0.39, 0.29) is 11.5 Å². The molecule has 0 N–H and O–H groups in total. The minimum Gasteiger partial charge on any atom is -0.377 e. The van der Waals surface area contributed by atoms with Crippen molar-refractivity contribution in [3.05, 3.63) is 59.7 Å². The molecule has 0 saturated heterocycles. The Balaban J connectivity index is 1.95. The van der Waals surface area contributed by atoms with Gasteiger partial charge in [-0.25, -0.2) is 0 Å². The molecule has 1 saturated carbocycles. The minimum absolute atomic E-state index is 0.245. The lowest BCUT2D eigenvalue weighted by molar-refractivity contribution is 0.141. The fraction of sp³-hybridized carbons (Fsp3) is 0.474. The summed E-state index contributed by atoms with van der Waals surface area (Å²) >= 11 is 0. The zero-order valence-corrected chi connectivity index (χ0v) is 12.3. The molecule has 1 nitrogen and oxygen atoms in total. The van der Waals surface area contributed by atoms with E-state index in [9.17, 15) is 0 Å². The van der Waals surface area contributed by atoms with Crippen molar-refractivity contribution in [2.75, 3.05) is 7.11 Å². The highest BCUT2D eigenvalue weighted by molar-refractivity contribution is 5.44. The third-order valence-corrected chi connectivity index (χ3v) is 4.95. The Morgan fingerprint density at radius 3 is 2.40 bits per heavy atom. The fourth-order valence-corrected chi connectivity index (χ4v) is 3.79. The molecule has 0 aromatic heterocycles. The quantitative estimate of drug-likeness (QED) is 0.766. The Bertz CT molecular complexity index is 492. The molecule has 0 spiro atoms. The average molecular weight is 268 g/mol. The Labute approximate surface area is 122 Å². The molecule has 1 unspecified atom stereocenters. The molecule has 0 heterocycles. The first kappa shape index (κ1) is 13.6. The van der Waals surface area contributed by atoms with Crippen molar-refractivity contribution >= 4 is 0 Å². The second-order valence-corrected chi connectivity index (χ2v) is 6.04. The Morgan fingerprint density at radius 2 is 1.80 bits per heavy atom. The summed E-state index contributed by atoms with van der Waals surface area (Å²) in [6.45, 7) is 0. The highest BCUT2D eigenvalue weighted by Gasteiger charge is 2.36. The molecule has 3 rings (SSSR count). The molecule has 1 heteroatoms. The Morgan fingerprint density at radius 1 is 1.05 bits per heavy atom. The number of rotatable bonds is 3. The van der Waals surface area contributed by atoms with Gasteiger partial charge < -0.3 is 4.74 Å². The van der Waals surface area contributed by atoms with Crippen molar-refractivity contribution in [3.8, 4) is 0 Å². The van der Waals surface area contributed by atoms with Crippen molar-refractivity contribution in [3.63, 3.8) is 0 Å². The number of ether oxygens (including phenoxy) is 1. The van der Waals surface area contributed by atoms with E-state index in [2.05, 4.69) is 48.6 Å². The Kier molecular flexibility index (Phi) is 4.07. The van der Waals surface area contributed by atoms with Gasteiger partial charge in [0.1, 0.15) is 0 Å². The molecule has 0 bridgehead atoms. The maximum atomic E-state index is 5.43. The normalized spacial score (nSPS) is 25.2. The van der Waals surface area contributed by atoms with E-state index < -0.39 is 0 Å². The minimum atomic E-state index is 0.245. The largest absolute Gasteiger partial charge is 0.377 e. The molecule has 106 valence electrons. The second kappa shape index (κ2) is 5.97. The summed E-state index contributed by atoms with van der Waals surface area (Å²) in [7, 11) is 1.79. The molecule has 0 radical (unpaired) electrons. The van der Waals surface area contributed by atoms with E-state index in [1.165, 1.54) is 43.2 Å². The van der Waals surface area contributed by atoms with Crippen molar-refractivity contribution in [1.29, 1.82) is 0 Å². The van der Waals surface area contributed by atoms with Crippen LogP contribution < -0.4 is 0 Å². The summed E-state index contributed by atoms with van der Waals surface area (Å²) in [6, 6.07) is 11.1. The van der Waals surface area contributed by atoms with E-state index in [0.717, 1.165) is 6.42 Å². The summed E-state index contributed by atoms with van der Waals surface area (Å²) < 4.78 is 5.43. The zero-order valence-electron chi connectivity index (χ0n) is 12.3. The number of methoxy groups -OCH3 is 1. The fourth-order valence-electron chi connectivity index (χ4n) is 3.79. The van der Waals surface area contributed by atoms with Gasteiger partial charge in [-0.1, -0.05) is 67.8 Å². The monoisotopic (exact) mass is 268 g/mol. The molecule has 1 aromatic rings. The standard InChI is InChI=1S/C19H24O/c1-20-18-12-10-17(11-13-18)19(14-6-3-7-15-19)16-8-4-2-5-9-16/h2,4-5,8-12,18H,3,6-7,13-15H2,1H3. The predicted molar refractivity (Wildman–Crippen MR) is 83.8 cm³/mol. The summed E-state index contributed by atoms with van der Waals surface area (Å²) in [6.07, 6.45) is 14.9. The number of hydrogen-bond acceptors (Lipinski definition) is 1. The number of hydrogen-bond donors (Lipinski definition) is 0. The highest BCUT2D eigenvalue weighted by Crippen LogP contribution is 2.46. The van der Waals surface area contributed by atoms with Gasteiger partial charge in [-0.2, -0.15) is 0 Å². The molecule has 0 aliphatic heterocycles. The van der Waals surface area contributed by atoms with Gasteiger partial charge in [-0.05, 0) is 30.4 Å². The SMILES string of the molecule is COC1C=CC(C2(c3ccccc3)CCCCC2)=CC1. The van der Waals surface area contributed by atoms with E-state index in [1.54, 1.807) is 7.11 Å². The molecular formula is C19H24O. The smallest absolute Gasteiger partial charge is 0.0789 e. The topological polar surface area (TPSA) is 9.23 Å². The zero-order chi connectivity index (χ0) is 13.8. The van der Waals surface area contributed by atoms with Gasteiger partial charge in [0, 0.05) is 12.5 Å². The molecule has 1 aromatic carbocycles. The molecule has 2 aliphatic rings. The first-order valence-corrected chi connectivity index (χ1v) is 7.82. The first-order chi connectivity index (χ1) is 9.85.